The minimum Gasteiger partial charge on any atom is -0.367 e. The standard InChI is InChI=1S/C20H27N5O2/c1-13-9-15(24-19(27)7-6-18(26)21-3)12-25(11-13)17-10-23-14(2)20-16(17)5-4-8-22-20/h4-5,8,10,13,15H,6-7,9,11-12H2,1-3H3,(H,21,26)(H,24,27)/t13-,15+/m0/s1. The molecule has 1 aliphatic rings. The van der Waals surface area contributed by atoms with Crippen LogP contribution in [0.2, 0.25) is 0 Å². The van der Waals surface area contributed by atoms with Gasteiger partial charge in [-0.3, -0.25) is 19.6 Å². The maximum Gasteiger partial charge on any atom is 0.220 e. The Morgan fingerprint density at radius 2 is 2.00 bits per heavy atom. The van der Waals surface area contributed by atoms with Crippen molar-refractivity contribution in [2.45, 2.75) is 39.2 Å². The minimum absolute atomic E-state index is 0.0546. The molecule has 2 aromatic rings. The number of nitrogens with one attached hydrogen (secondary N) is 2. The fourth-order valence-corrected chi connectivity index (χ4v) is 3.75. The Morgan fingerprint density at radius 1 is 1.22 bits per heavy atom. The SMILES string of the molecule is CNC(=O)CCC(=O)N[C@@H]1C[C@H](C)CN(c2cnc(C)c3ncccc23)C1. The van der Waals surface area contributed by atoms with Crippen LogP contribution >= 0.6 is 0 Å². The first kappa shape index (κ1) is 19.1. The molecular weight excluding hydrogens is 342 g/mol. The van der Waals surface area contributed by atoms with Gasteiger partial charge in [0, 0.05) is 50.6 Å². The number of rotatable bonds is 5. The summed E-state index contributed by atoms with van der Waals surface area (Å²) in [7, 11) is 1.58. The highest BCUT2D eigenvalue weighted by Gasteiger charge is 2.27. The second-order valence-corrected chi connectivity index (χ2v) is 7.31. The van der Waals surface area contributed by atoms with E-state index in [-0.39, 0.29) is 30.7 Å². The van der Waals surface area contributed by atoms with Crippen LogP contribution in [0.3, 0.4) is 0 Å². The highest BCUT2D eigenvalue weighted by atomic mass is 16.2. The van der Waals surface area contributed by atoms with Crippen LogP contribution in [0.25, 0.3) is 10.9 Å². The van der Waals surface area contributed by atoms with E-state index in [1.807, 2.05) is 19.2 Å². The predicted octanol–water partition coefficient (Wildman–Crippen LogP) is 1.80. The zero-order chi connectivity index (χ0) is 19.4. The molecule has 2 amide bonds. The predicted molar refractivity (Wildman–Crippen MR) is 106 cm³/mol. The lowest BCUT2D eigenvalue weighted by molar-refractivity contribution is -0.126. The Labute approximate surface area is 159 Å². The molecular formula is C20H27N5O2. The molecule has 0 radical (unpaired) electrons. The van der Waals surface area contributed by atoms with Crippen molar-refractivity contribution < 1.29 is 9.59 Å². The number of aryl methyl sites for hydroxylation is 1. The first-order valence-corrected chi connectivity index (χ1v) is 9.43. The normalized spacial score (nSPS) is 19.7. The lowest BCUT2D eigenvalue weighted by Gasteiger charge is -2.38. The number of hydrogen-bond donors (Lipinski definition) is 2. The van der Waals surface area contributed by atoms with E-state index in [9.17, 15) is 9.59 Å². The number of hydrogen-bond acceptors (Lipinski definition) is 5. The molecule has 0 bridgehead atoms. The van der Waals surface area contributed by atoms with Crippen LogP contribution in [0.5, 0.6) is 0 Å². The summed E-state index contributed by atoms with van der Waals surface area (Å²) in [5.41, 5.74) is 2.89. The maximum absolute atomic E-state index is 12.2. The van der Waals surface area contributed by atoms with Crippen molar-refractivity contribution in [3.05, 3.63) is 30.2 Å². The number of anilines is 1. The molecule has 0 aromatic carbocycles. The summed E-state index contributed by atoms with van der Waals surface area (Å²) in [6, 6.07) is 4.07. The van der Waals surface area contributed by atoms with Crippen molar-refractivity contribution in [3.8, 4) is 0 Å². The lowest BCUT2D eigenvalue weighted by Crippen LogP contribution is -2.50. The smallest absolute Gasteiger partial charge is 0.220 e. The molecule has 3 heterocycles. The van der Waals surface area contributed by atoms with Gasteiger partial charge >= 0.3 is 0 Å². The fourth-order valence-electron chi connectivity index (χ4n) is 3.75. The highest BCUT2D eigenvalue weighted by Crippen LogP contribution is 2.30. The molecule has 144 valence electrons. The van der Waals surface area contributed by atoms with Crippen molar-refractivity contribution >= 4 is 28.4 Å². The molecule has 0 aliphatic carbocycles. The van der Waals surface area contributed by atoms with Gasteiger partial charge < -0.3 is 15.5 Å². The number of pyridine rings is 2. The number of piperidine rings is 1. The van der Waals surface area contributed by atoms with Gasteiger partial charge in [0.05, 0.1) is 23.1 Å². The molecule has 1 aliphatic heterocycles. The van der Waals surface area contributed by atoms with E-state index in [0.29, 0.717) is 5.92 Å². The van der Waals surface area contributed by atoms with Crippen molar-refractivity contribution in [2.24, 2.45) is 5.92 Å². The molecule has 7 nitrogen and oxygen atoms in total. The minimum atomic E-state index is -0.117. The third kappa shape index (κ3) is 4.53. The van der Waals surface area contributed by atoms with Crippen LogP contribution < -0.4 is 15.5 Å². The zero-order valence-electron chi connectivity index (χ0n) is 16.2. The number of aromatic nitrogens is 2. The molecule has 0 saturated carbocycles. The monoisotopic (exact) mass is 369 g/mol. The number of carbonyl (C=O) groups excluding carboxylic acids is 2. The first-order chi connectivity index (χ1) is 13.0. The average Bonchev–Trinajstić information content (AvgIpc) is 2.66. The first-order valence-electron chi connectivity index (χ1n) is 9.43. The Kier molecular flexibility index (Phi) is 5.88. The van der Waals surface area contributed by atoms with Gasteiger partial charge in [0.1, 0.15) is 0 Å². The summed E-state index contributed by atoms with van der Waals surface area (Å²) >= 11 is 0. The summed E-state index contributed by atoms with van der Waals surface area (Å²) in [5.74, 6) is 0.246. The van der Waals surface area contributed by atoms with Crippen LogP contribution in [0.1, 0.15) is 31.9 Å². The topological polar surface area (TPSA) is 87.2 Å². The summed E-state index contributed by atoms with van der Waals surface area (Å²) in [4.78, 5) is 34.8. The van der Waals surface area contributed by atoms with Crippen molar-refractivity contribution in [3.63, 3.8) is 0 Å². The maximum atomic E-state index is 12.2. The quantitative estimate of drug-likeness (QED) is 0.839. The third-order valence-corrected chi connectivity index (χ3v) is 5.03. The van der Waals surface area contributed by atoms with Crippen molar-refractivity contribution in [1.82, 2.24) is 20.6 Å². The van der Waals surface area contributed by atoms with E-state index in [0.717, 1.165) is 41.8 Å². The van der Waals surface area contributed by atoms with Gasteiger partial charge in [0.25, 0.3) is 0 Å². The van der Waals surface area contributed by atoms with Gasteiger partial charge in [-0.05, 0) is 31.4 Å². The molecule has 0 unspecified atom stereocenters. The molecule has 0 spiro atoms. The molecule has 27 heavy (non-hydrogen) atoms. The summed E-state index contributed by atoms with van der Waals surface area (Å²) < 4.78 is 0. The van der Waals surface area contributed by atoms with E-state index >= 15 is 0 Å². The Morgan fingerprint density at radius 3 is 2.78 bits per heavy atom. The molecule has 2 aromatic heterocycles. The van der Waals surface area contributed by atoms with E-state index in [1.165, 1.54) is 0 Å². The van der Waals surface area contributed by atoms with Gasteiger partial charge in [-0.25, -0.2) is 0 Å². The van der Waals surface area contributed by atoms with Gasteiger partial charge in [-0.1, -0.05) is 6.92 Å². The van der Waals surface area contributed by atoms with Crippen LogP contribution in [0.15, 0.2) is 24.5 Å². The van der Waals surface area contributed by atoms with E-state index in [1.54, 1.807) is 13.2 Å². The molecule has 2 atom stereocenters. The third-order valence-electron chi connectivity index (χ3n) is 5.03. The van der Waals surface area contributed by atoms with Crippen LogP contribution in [0, 0.1) is 12.8 Å². The van der Waals surface area contributed by atoms with Gasteiger partial charge in [0.2, 0.25) is 11.8 Å². The Hall–Kier alpha value is -2.70. The van der Waals surface area contributed by atoms with Crippen molar-refractivity contribution in [2.75, 3.05) is 25.0 Å². The molecule has 7 heteroatoms. The van der Waals surface area contributed by atoms with E-state index in [2.05, 4.69) is 38.5 Å². The van der Waals surface area contributed by atoms with Gasteiger partial charge in [-0.2, -0.15) is 0 Å². The second kappa shape index (κ2) is 8.33. The lowest BCUT2D eigenvalue weighted by atomic mass is 9.95. The van der Waals surface area contributed by atoms with Gasteiger partial charge in [0.15, 0.2) is 0 Å². The zero-order valence-corrected chi connectivity index (χ0v) is 16.2. The molecule has 1 fully saturated rings. The number of carbonyl (C=O) groups is 2. The number of fused-ring (bicyclic) bond motifs is 1. The summed E-state index contributed by atoms with van der Waals surface area (Å²) in [6.45, 7) is 5.80. The average molecular weight is 369 g/mol. The summed E-state index contributed by atoms with van der Waals surface area (Å²) in [5, 5.41) is 6.72. The number of amides is 2. The van der Waals surface area contributed by atoms with Crippen LogP contribution in [-0.4, -0.2) is 48.0 Å². The van der Waals surface area contributed by atoms with Crippen LogP contribution in [0.4, 0.5) is 5.69 Å². The highest BCUT2D eigenvalue weighted by molar-refractivity contribution is 5.92. The van der Waals surface area contributed by atoms with Crippen molar-refractivity contribution in [1.29, 1.82) is 0 Å². The van der Waals surface area contributed by atoms with Gasteiger partial charge in [-0.15, -0.1) is 0 Å². The van der Waals surface area contributed by atoms with Crippen LogP contribution in [-0.2, 0) is 9.59 Å². The second-order valence-electron chi connectivity index (χ2n) is 7.31. The largest absolute Gasteiger partial charge is 0.367 e. The molecule has 2 N–H and O–H groups in total. The Balaban J connectivity index is 1.73. The number of nitrogens with zero attached hydrogens (tertiary/aromatic N) is 3. The van der Waals surface area contributed by atoms with E-state index in [4.69, 9.17) is 0 Å². The summed E-state index contributed by atoms with van der Waals surface area (Å²) in [6.07, 6.45) is 5.05. The molecule has 3 rings (SSSR count). The Bertz CT molecular complexity index is 838. The fraction of sp³-hybridized carbons (Fsp3) is 0.500. The molecule has 1 saturated heterocycles. The van der Waals surface area contributed by atoms with E-state index < -0.39 is 0 Å².